The molecule has 4 rings (SSSR count). The maximum Gasteiger partial charge on any atom is 0.252 e. The van der Waals surface area contributed by atoms with Crippen LogP contribution in [0.3, 0.4) is 0 Å². The van der Waals surface area contributed by atoms with E-state index in [1.54, 1.807) is 6.20 Å². The van der Waals surface area contributed by atoms with Gasteiger partial charge in [-0.15, -0.1) is 0 Å². The number of H-pyrrole nitrogens is 1. The Bertz CT molecular complexity index is 846. The predicted molar refractivity (Wildman–Crippen MR) is 111 cm³/mol. The first-order valence-corrected chi connectivity index (χ1v) is 10.2. The third-order valence-corrected chi connectivity index (χ3v) is 5.71. The average Bonchev–Trinajstić information content (AvgIpc) is 2.75. The molecule has 156 valence electrons. The smallest absolute Gasteiger partial charge is 0.252 e. The third kappa shape index (κ3) is 4.91. The zero-order valence-electron chi connectivity index (χ0n) is 17.1. The van der Waals surface area contributed by atoms with E-state index in [2.05, 4.69) is 29.7 Å². The van der Waals surface area contributed by atoms with E-state index in [-0.39, 0.29) is 11.7 Å². The highest BCUT2D eigenvalue weighted by atomic mass is 16.5. The van der Waals surface area contributed by atoms with Gasteiger partial charge < -0.3 is 14.5 Å². The van der Waals surface area contributed by atoms with Gasteiger partial charge in [0.15, 0.2) is 0 Å². The lowest BCUT2D eigenvalue weighted by Crippen LogP contribution is -2.49. The molecule has 9 nitrogen and oxygen atoms in total. The van der Waals surface area contributed by atoms with Crippen molar-refractivity contribution in [3.63, 3.8) is 0 Å². The molecule has 0 saturated carbocycles. The topological polar surface area (TPSA) is 90.5 Å². The lowest BCUT2D eigenvalue weighted by Gasteiger charge is -2.40. The number of hydrogen-bond donors (Lipinski definition) is 1. The predicted octanol–water partition coefficient (Wildman–Crippen LogP) is 0.743. The van der Waals surface area contributed by atoms with Crippen molar-refractivity contribution in [1.82, 2.24) is 24.8 Å². The Hall–Kier alpha value is -2.52. The van der Waals surface area contributed by atoms with Gasteiger partial charge in [-0.2, -0.15) is 0 Å². The molecule has 4 heterocycles. The number of ether oxygens (including phenoxy) is 1. The van der Waals surface area contributed by atoms with Crippen molar-refractivity contribution in [2.45, 2.75) is 25.5 Å². The van der Waals surface area contributed by atoms with Crippen LogP contribution in [0.25, 0.3) is 0 Å². The van der Waals surface area contributed by atoms with E-state index in [1.807, 2.05) is 31.4 Å². The van der Waals surface area contributed by atoms with Crippen molar-refractivity contribution in [3.05, 3.63) is 40.6 Å². The second kappa shape index (κ2) is 8.87. The Morgan fingerprint density at radius 3 is 2.62 bits per heavy atom. The molecule has 1 atom stereocenters. The molecule has 0 spiro atoms. The summed E-state index contributed by atoms with van der Waals surface area (Å²) in [5, 5.41) is 0. The van der Waals surface area contributed by atoms with E-state index in [0.29, 0.717) is 18.5 Å². The van der Waals surface area contributed by atoms with Crippen LogP contribution in [0, 0.1) is 5.92 Å². The minimum absolute atomic E-state index is 0.117. The molecule has 2 aliphatic heterocycles. The maximum atomic E-state index is 11.6. The molecule has 1 N–H and O–H groups in total. The number of aromatic amines is 1. The molecular weight excluding hydrogens is 370 g/mol. The largest absolute Gasteiger partial charge is 0.374 e. The summed E-state index contributed by atoms with van der Waals surface area (Å²) < 4.78 is 6.08. The maximum absolute atomic E-state index is 11.6. The van der Waals surface area contributed by atoms with Crippen LogP contribution < -0.4 is 15.4 Å². The summed E-state index contributed by atoms with van der Waals surface area (Å²) in [7, 11) is 3.89. The fourth-order valence-corrected chi connectivity index (χ4v) is 4.07. The minimum atomic E-state index is -0.117. The average molecular weight is 399 g/mol. The normalized spacial score (nSPS) is 21.3. The van der Waals surface area contributed by atoms with Crippen molar-refractivity contribution >= 4 is 11.9 Å². The first kappa shape index (κ1) is 19.8. The number of likely N-dealkylation sites (tertiary alicyclic amines) is 1. The van der Waals surface area contributed by atoms with Crippen LogP contribution in [-0.4, -0.2) is 77.8 Å². The van der Waals surface area contributed by atoms with Crippen LogP contribution in [0.15, 0.2) is 29.5 Å². The second-order valence-corrected chi connectivity index (χ2v) is 8.01. The molecule has 9 heteroatoms. The SMILES string of the molecule is CN(C)c1ncc(CN2CCC(C3CN(c4nccc(=O)[nH]4)CCO3)CC2)cn1. The molecule has 2 fully saturated rings. The Balaban J connectivity index is 1.29. The zero-order chi connectivity index (χ0) is 20.2. The molecule has 0 amide bonds. The number of anilines is 2. The molecule has 1 unspecified atom stereocenters. The van der Waals surface area contributed by atoms with E-state index >= 15 is 0 Å². The summed E-state index contributed by atoms with van der Waals surface area (Å²) in [5.74, 6) is 1.90. The van der Waals surface area contributed by atoms with Gasteiger partial charge >= 0.3 is 0 Å². The summed E-state index contributed by atoms with van der Waals surface area (Å²) in [5.41, 5.74) is 1.03. The van der Waals surface area contributed by atoms with Gasteiger partial charge in [-0.05, 0) is 31.8 Å². The Labute approximate surface area is 170 Å². The molecule has 2 aromatic rings. The molecule has 0 aliphatic carbocycles. The van der Waals surface area contributed by atoms with Gasteiger partial charge in [-0.1, -0.05) is 0 Å². The van der Waals surface area contributed by atoms with E-state index in [4.69, 9.17) is 4.74 Å². The molecule has 2 aromatic heterocycles. The minimum Gasteiger partial charge on any atom is -0.374 e. The number of nitrogens with zero attached hydrogens (tertiary/aromatic N) is 6. The summed E-state index contributed by atoms with van der Waals surface area (Å²) in [4.78, 5) is 34.0. The standard InChI is InChI=1S/C20H29N7O2/c1-25(2)19-22-11-15(12-23-19)13-26-7-4-16(5-8-26)17-14-27(9-10-29-17)20-21-6-3-18(28)24-20/h3,6,11-12,16-17H,4-5,7-10,13-14H2,1-2H3,(H,21,24,28). The van der Waals surface area contributed by atoms with Gasteiger partial charge in [0, 0.05) is 63.9 Å². The fourth-order valence-electron chi connectivity index (χ4n) is 4.07. The number of nitrogens with one attached hydrogen (secondary N) is 1. The van der Waals surface area contributed by atoms with Gasteiger partial charge in [0.25, 0.3) is 5.56 Å². The monoisotopic (exact) mass is 399 g/mol. The summed E-state index contributed by atoms with van der Waals surface area (Å²) >= 11 is 0. The molecule has 0 aromatic carbocycles. The Morgan fingerprint density at radius 1 is 1.17 bits per heavy atom. The number of aromatic nitrogens is 4. The van der Waals surface area contributed by atoms with Crippen molar-refractivity contribution in [2.24, 2.45) is 5.92 Å². The van der Waals surface area contributed by atoms with Crippen LogP contribution in [0.5, 0.6) is 0 Å². The molecule has 0 radical (unpaired) electrons. The van der Waals surface area contributed by atoms with Crippen molar-refractivity contribution in [1.29, 1.82) is 0 Å². The van der Waals surface area contributed by atoms with Crippen LogP contribution >= 0.6 is 0 Å². The summed E-state index contributed by atoms with van der Waals surface area (Å²) in [6.45, 7) is 5.16. The van der Waals surface area contributed by atoms with Gasteiger partial charge in [0.2, 0.25) is 11.9 Å². The van der Waals surface area contributed by atoms with Crippen molar-refractivity contribution < 1.29 is 4.74 Å². The fraction of sp³-hybridized carbons (Fsp3) is 0.600. The van der Waals surface area contributed by atoms with Crippen LogP contribution in [0.4, 0.5) is 11.9 Å². The summed E-state index contributed by atoms with van der Waals surface area (Å²) in [6, 6.07) is 1.44. The van der Waals surface area contributed by atoms with Crippen LogP contribution in [0.2, 0.25) is 0 Å². The molecule has 29 heavy (non-hydrogen) atoms. The first-order valence-electron chi connectivity index (χ1n) is 10.2. The third-order valence-electron chi connectivity index (χ3n) is 5.71. The van der Waals surface area contributed by atoms with Crippen molar-refractivity contribution in [2.75, 3.05) is 56.7 Å². The second-order valence-electron chi connectivity index (χ2n) is 8.01. The first-order chi connectivity index (χ1) is 14.1. The number of rotatable bonds is 5. The number of morpholine rings is 1. The van der Waals surface area contributed by atoms with Crippen LogP contribution in [0.1, 0.15) is 18.4 Å². The van der Waals surface area contributed by atoms with Crippen molar-refractivity contribution in [3.8, 4) is 0 Å². The van der Waals surface area contributed by atoms with Gasteiger partial charge in [-0.3, -0.25) is 14.7 Å². The Kier molecular flexibility index (Phi) is 6.05. The molecule has 0 bridgehead atoms. The Morgan fingerprint density at radius 2 is 1.93 bits per heavy atom. The number of hydrogen-bond acceptors (Lipinski definition) is 8. The number of piperidine rings is 1. The lowest BCUT2D eigenvalue weighted by molar-refractivity contribution is -0.0192. The van der Waals surface area contributed by atoms with Gasteiger partial charge in [-0.25, -0.2) is 15.0 Å². The van der Waals surface area contributed by atoms with Gasteiger partial charge in [0.1, 0.15) is 0 Å². The van der Waals surface area contributed by atoms with E-state index < -0.39 is 0 Å². The highest BCUT2D eigenvalue weighted by Gasteiger charge is 2.31. The van der Waals surface area contributed by atoms with E-state index in [9.17, 15) is 4.79 Å². The molecule has 2 aliphatic rings. The van der Waals surface area contributed by atoms with Crippen LogP contribution in [-0.2, 0) is 11.3 Å². The molecular formula is C20H29N7O2. The summed E-state index contributed by atoms with van der Waals surface area (Å²) in [6.07, 6.45) is 7.79. The highest BCUT2D eigenvalue weighted by Crippen LogP contribution is 2.26. The quantitative estimate of drug-likeness (QED) is 0.788. The zero-order valence-corrected chi connectivity index (χ0v) is 17.1. The molecule has 2 saturated heterocycles. The van der Waals surface area contributed by atoms with E-state index in [1.165, 1.54) is 6.07 Å². The van der Waals surface area contributed by atoms with E-state index in [0.717, 1.165) is 57.1 Å². The lowest BCUT2D eigenvalue weighted by atomic mass is 9.90. The van der Waals surface area contributed by atoms with Gasteiger partial charge in [0.05, 0.1) is 12.7 Å². The highest BCUT2D eigenvalue weighted by molar-refractivity contribution is 5.29.